The second kappa shape index (κ2) is 9.27. The van der Waals surface area contributed by atoms with Gasteiger partial charge in [0.25, 0.3) is 5.91 Å². The molecule has 0 aliphatic rings. The molecule has 0 aliphatic carbocycles. The van der Waals surface area contributed by atoms with Crippen LogP contribution >= 0.6 is 0 Å². The van der Waals surface area contributed by atoms with E-state index in [4.69, 9.17) is 0 Å². The highest BCUT2D eigenvalue weighted by Crippen LogP contribution is 2.30. The lowest BCUT2D eigenvalue weighted by Gasteiger charge is -2.14. The smallest absolute Gasteiger partial charge is 0.355 e. The van der Waals surface area contributed by atoms with Gasteiger partial charge in [-0.05, 0) is 42.0 Å². The van der Waals surface area contributed by atoms with Gasteiger partial charge in [-0.1, -0.05) is 24.3 Å². The van der Waals surface area contributed by atoms with Crippen molar-refractivity contribution >= 4 is 33.0 Å². The van der Waals surface area contributed by atoms with Crippen LogP contribution in [0.1, 0.15) is 21.6 Å². The topological polar surface area (TPSA) is 100 Å². The lowest BCUT2D eigenvalue weighted by molar-refractivity contribution is -0.141. The maximum absolute atomic E-state index is 12.9. The number of halogens is 3. The summed E-state index contributed by atoms with van der Waals surface area (Å²) < 4.78 is 63.5. The number of sulfonamides is 1. The normalized spacial score (nSPS) is 11.6. The van der Waals surface area contributed by atoms with Crippen molar-refractivity contribution in [3.63, 3.8) is 0 Å². The quantitative estimate of drug-likeness (QED) is 0.488. The van der Waals surface area contributed by atoms with Crippen LogP contribution in [-0.4, -0.2) is 25.6 Å². The monoisotopic (exact) mass is 464 g/mol. The standard InChI is InChI=1S/C21H19F3N4O3S/c1-32(30,31)28-15-8-6-14(7-9-15)13-26-20(29)17-4-2-3-5-18(17)27-16-10-11-25-19(12-16)21(22,23)24/h2-12,28H,13H2,1H3,(H,25,27)(H,26,29). The van der Waals surface area contributed by atoms with Crippen LogP contribution in [0.15, 0.2) is 66.9 Å². The highest BCUT2D eigenvalue weighted by Gasteiger charge is 2.32. The Hall–Kier alpha value is -3.60. The molecular weight excluding hydrogens is 445 g/mol. The Balaban J connectivity index is 1.70. The van der Waals surface area contributed by atoms with Gasteiger partial charge in [0.1, 0.15) is 5.69 Å². The van der Waals surface area contributed by atoms with Gasteiger partial charge in [-0.3, -0.25) is 14.5 Å². The van der Waals surface area contributed by atoms with Crippen molar-refractivity contribution in [2.24, 2.45) is 0 Å². The maximum atomic E-state index is 12.9. The summed E-state index contributed by atoms with van der Waals surface area (Å²) >= 11 is 0. The van der Waals surface area contributed by atoms with Gasteiger partial charge in [0.2, 0.25) is 10.0 Å². The molecule has 168 valence electrons. The zero-order valence-corrected chi connectivity index (χ0v) is 17.6. The molecule has 7 nitrogen and oxygen atoms in total. The van der Waals surface area contributed by atoms with Crippen LogP contribution in [0, 0.1) is 0 Å². The summed E-state index contributed by atoms with van der Waals surface area (Å²) in [4.78, 5) is 16.0. The van der Waals surface area contributed by atoms with E-state index >= 15 is 0 Å². The lowest BCUT2D eigenvalue weighted by atomic mass is 10.1. The van der Waals surface area contributed by atoms with E-state index in [1.165, 1.54) is 6.07 Å². The molecule has 0 bridgehead atoms. The number of hydrogen-bond acceptors (Lipinski definition) is 5. The molecule has 0 aliphatic heterocycles. The van der Waals surface area contributed by atoms with Crippen molar-refractivity contribution in [2.75, 3.05) is 16.3 Å². The second-order valence-electron chi connectivity index (χ2n) is 6.85. The summed E-state index contributed by atoms with van der Waals surface area (Å²) in [7, 11) is -3.39. The molecule has 1 heterocycles. The molecule has 3 rings (SSSR count). The van der Waals surface area contributed by atoms with Crippen molar-refractivity contribution in [3.05, 3.63) is 83.7 Å². The van der Waals surface area contributed by atoms with Crippen LogP contribution in [0.3, 0.4) is 0 Å². The third kappa shape index (κ3) is 6.45. The number of hydrogen-bond donors (Lipinski definition) is 3. The van der Waals surface area contributed by atoms with Crippen LogP contribution in [0.4, 0.5) is 30.2 Å². The molecule has 0 spiro atoms. The van der Waals surface area contributed by atoms with E-state index in [1.807, 2.05) is 0 Å². The summed E-state index contributed by atoms with van der Waals surface area (Å²) in [5.74, 6) is -0.434. The molecule has 3 aromatic rings. The number of benzene rings is 2. The number of carbonyl (C=O) groups is 1. The SMILES string of the molecule is CS(=O)(=O)Nc1ccc(CNC(=O)c2ccccc2Nc2ccnc(C(F)(F)F)c2)cc1. The zero-order valence-electron chi connectivity index (χ0n) is 16.8. The molecule has 32 heavy (non-hydrogen) atoms. The average Bonchev–Trinajstić information content (AvgIpc) is 2.72. The third-order valence-electron chi connectivity index (χ3n) is 4.21. The number of nitrogens with one attached hydrogen (secondary N) is 3. The molecule has 0 atom stereocenters. The Morgan fingerprint density at radius 3 is 2.34 bits per heavy atom. The minimum absolute atomic E-state index is 0.140. The molecule has 0 saturated heterocycles. The highest BCUT2D eigenvalue weighted by atomic mass is 32.2. The van der Waals surface area contributed by atoms with Crippen LogP contribution in [0.5, 0.6) is 0 Å². The summed E-state index contributed by atoms with van der Waals surface area (Å²) in [6, 6.07) is 15.1. The van der Waals surface area contributed by atoms with Crippen LogP contribution < -0.4 is 15.4 Å². The van der Waals surface area contributed by atoms with Gasteiger partial charge < -0.3 is 10.6 Å². The predicted molar refractivity (Wildman–Crippen MR) is 115 cm³/mol. The fourth-order valence-corrected chi connectivity index (χ4v) is 3.36. The third-order valence-corrected chi connectivity index (χ3v) is 4.82. The first-order valence-corrected chi connectivity index (χ1v) is 11.1. The lowest BCUT2D eigenvalue weighted by Crippen LogP contribution is -2.23. The molecule has 0 fully saturated rings. The number of alkyl halides is 3. The van der Waals surface area contributed by atoms with Gasteiger partial charge in [0.15, 0.2) is 0 Å². The highest BCUT2D eigenvalue weighted by molar-refractivity contribution is 7.92. The summed E-state index contributed by atoms with van der Waals surface area (Å²) in [6.07, 6.45) is -2.50. The minimum atomic E-state index is -4.58. The van der Waals surface area contributed by atoms with E-state index < -0.39 is 27.8 Å². The van der Waals surface area contributed by atoms with Crippen molar-refractivity contribution in [1.82, 2.24) is 10.3 Å². The van der Waals surface area contributed by atoms with Gasteiger partial charge >= 0.3 is 6.18 Å². The summed E-state index contributed by atoms with van der Waals surface area (Å²) in [5.41, 5.74) is 0.796. The van der Waals surface area contributed by atoms with Crippen LogP contribution in [0.2, 0.25) is 0 Å². The molecule has 1 aromatic heterocycles. The minimum Gasteiger partial charge on any atom is -0.355 e. The fourth-order valence-electron chi connectivity index (χ4n) is 2.79. The maximum Gasteiger partial charge on any atom is 0.433 e. The Kier molecular flexibility index (Phi) is 6.68. The van der Waals surface area contributed by atoms with Crippen LogP contribution in [0.25, 0.3) is 0 Å². The number of carbonyl (C=O) groups excluding carboxylic acids is 1. The number of anilines is 3. The Morgan fingerprint density at radius 2 is 1.69 bits per heavy atom. The second-order valence-corrected chi connectivity index (χ2v) is 8.60. The summed E-state index contributed by atoms with van der Waals surface area (Å²) in [5, 5.41) is 5.56. The van der Waals surface area contributed by atoms with Crippen molar-refractivity contribution in [2.45, 2.75) is 12.7 Å². The van der Waals surface area contributed by atoms with Gasteiger partial charge in [0, 0.05) is 24.1 Å². The van der Waals surface area contributed by atoms with Gasteiger partial charge in [-0.25, -0.2) is 8.42 Å². The van der Waals surface area contributed by atoms with E-state index in [9.17, 15) is 26.4 Å². The molecule has 0 unspecified atom stereocenters. The summed E-state index contributed by atoms with van der Waals surface area (Å²) in [6.45, 7) is 0.166. The number of rotatable bonds is 7. The molecule has 11 heteroatoms. The van der Waals surface area contributed by atoms with Crippen molar-refractivity contribution < 1.29 is 26.4 Å². The predicted octanol–water partition coefficient (Wildman–Crippen LogP) is 4.15. The average molecular weight is 464 g/mol. The Bertz CT molecular complexity index is 1210. The fraction of sp³-hybridized carbons (Fsp3) is 0.143. The van der Waals surface area contributed by atoms with E-state index in [0.29, 0.717) is 11.4 Å². The van der Waals surface area contributed by atoms with E-state index in [1.54, 1.807) is 48.5 Å². The van der Waals surface area contributed by atoms with Crippen LogP contribution in [-0.2, 0) is 22.7 Å². The van der Waals surface area contributed by atoms with Gasteiger partial charge in [0.05, 0.1) is 17.5 Å². The Labute approximate surface area is 182 Å². The van der Waals surface area contributed by atoms with Gasteiger partial charge in [-0.2, -0.15) is 13.2 Å². The van der Waals surface area contributed by atoms with E-state index in [-0.39, 0.29) is 17.8 Å². The number of para-hydroxylation sites is 1. The first kappa shape index (κ1) is 23.1. The first-order chi connectivity index (χ1) is 15.0. The first-order valence-electron chi connectivity index (χ1n) is 9.25. The van der Waals surface area contributed by atoms with Crippen molar-refractivity contribution in [1.29, 1.82) is 0 Å². The van der Waals surface area contributed by atoms with Crippen molar-refractivity contribution in [3.8, 4) is 0 Å². The zero-order chi connectivity index (χ0) is 23.4. The number of nitrogens with zero attached hydrogens (tertiary/aromatic N) is 1. The molecule has 3 N–H and O–H groups in total. The molecule has 1 amide bonds. The largest absolute Gasteiger partial charge is 0.433 e. The number of amides is 1. The molecule has 2 aromatic carbocycles. The Morgan fingerprint density at radius 1 is 1.00 bits per heavy atom. The molecule has 0 saturated carbocycles. The molecular formula is C21H19F3N4O3S. The number of aromatic nitrogens is 1. The van der Waals surface area contributed by atoms with Gasteiger partial charge in [-0.15, -0.1) is 0 Å². The molecule has 0 radical (unpaired) electrons. The van der Waals surface area contributed by atoms with E-state index in [0.717, 1.165) is 24.1 Å². The number of pyridine rings is 1. The van der Waals surface area contributed by atoms with E-state index in [2.05, 4.69) is 20.3 Å².